The van der Waals surface area contributed by atoms with E-state index in [4.69, 9.17) is 18.9 Å². The van der Waals surface area contributed by atoms with Gasteiger partial charge in [-0.3, -0.25) is 19.3 Å². The van der Waals surface area contributed by atoms with Gasteiger partial charge in [0.25, 0.3) is 0 Å². The summed E-state index contributed by atoms with van der Waals surface area (Å²) in [6.07, 6.45) is 12.5. The molecule has 314 valence electrons. The highest BCUT2D eigenvalue weighted by molar-refractivity contribution is 6.10. The third kappa shape index (κ3) is 6.32. The molecule has 0 aromatic heterocycles. The number of allylic oxidation sites excluding steroid dienone is 4. The van der Waals surface area contributed by atoms with Crippen LogP contribution in [0.2, 0.25) is 0 Å². The Morgan fingerprint density at radius 1 is 0.914 bits per heavy atom. The van der Waals surface area contributed by atoms with Gasteiger partial charge in [-0.2, -0.15) is 0 Å². The van der Waals surface area contributed by atoms with E-state index >= 15 is 9.59 Å². The van der Waals surface area contributed by atoms with Gasteiger partial charge in [-0.1, -0.05) is 29.4 Å². The molecule has 7 unspecified atom stereocenters. The number of nitrogens with zero attached hydrogens (tertiary/aromatic N) is 3. The Morgan fingerprint density at radius 2 is 1.60 bits per heavy atom. The van der Waals surface area contributed by atoms with Crippen molar-refractivity contribution < 1.29 is 38.4 Å². The monoisotopic (exact) mass is 797 g/mol. The molecule has 8 aliphatic rings. The van der Waals surface area contributed by atoms with E-state index in [1.54, 1.807) is 0 Å². The van der Waals surface area contributed by atoms with E-state index in [9.17, 15) is 9.90 Å². The molecule has 6 fully saturated rings. The van der Waals surface area contributed by atoms with Gasteiger partial charge in [-0.15, -0.1) is 0 Å². The number of amides is 1. The van der Waals surface area contributed by atoms with Gasteiger partial charge in [-0.05, 0) is 100 Å². The van der Waals surface area contributed by atoms with E-state index in [1.807, 2.05) is 64.7 Å². The highest BCUT2D eigenvalue weighted by Crippen LogP contribution is 2.71. The molecule has 11 heteroatoms. The van der Waals surface area contributed by atoms with Crippen molar-refractivity contribution in [2.45, 2.75) is 116 Å². The molecule has 58 heavy (non-hydrogen) atoms. The smallest absolute Gasteiger partial charge is 0.249 e. The fraction of sp³-hybridized carbons (Fsp3) is 0.638. The lowest BCUT2D eigenvalue weighted by Gasteiger charge is -2.64. The summed E-state index contributed by atoms with van der Waals surface area (Å²) in [5.41, 5.74) is -0.365. The molecule has 0 radical (unpaired) electrons. The lowest BCUT2D eigenvalue weighted by Crippen LogP contribution is -2.82. The van der Waals surface area contributed by atoms with Crippen LogP contribution in [-0.2, 0) is 25.5 Å². The standard InChI is InChI=1S/C47H63N3O8/c1-28(2)11-10-16-45(8)17-15-31-38(51)35-39(52)36-37(49-23-25-55-26-24-49)33-27-34-44(6,7)58-46(42(33)53,18-14-30(5)43(54)50-21-19-48(9)20-22-50)47(34,36)57-41(35)32(40(31)56-45)13-12-29(3)4/h11-12,14-15,17,33-34,36-37,51H,10,13,16,18-27H2,1-9H3/b30-14-. The SMILES string of the molecule is CC(C)=CCCC1(C)C=Cc2c(O)c3c(c(CC=C(C)C)c2O1)OC12C(C3=O)C(N3CCOCC3)C3CC1C(C)(C)OC2(C/C=C(/C)C(=O)N1CCN(C)CC1)C3=O. The fourth-order valence-corrected chi connectivity index (χ4v) is 11.4. The number of hydrogen-bond donors (Lipinski definition) is 1. The second-order valence-electron chi connectivity index (χ2n) is 19.2. The van der Waals surface area contributed by atoms with Crippen LogP contribution in [0, 0.1) is 17.8 Å². The Balaban J connectivity index is 1.31. The number of benzene rings is 1. The first-order chi connectivity index (χ1) is 27.4. The lowest BCUT2D eigenvalue weighted by molar-refractivity contribution is -0.216. The van der Waals surface area contributed by atoms with E-state index in [0.29, 0.717) is 81.1 Å². The van der Waals surface area contributed by atoms with Crippen LogP contribution >= 0.6 is 0 Å². The topological polar surface area (TPSA) is 118 Å². The highest BCUT2D eigenvalue weighted by atomic mass is 16.6. The number of piperazine rings is 1. The molecular weight excluding hydrogens is 735 g/mol. The van der Waals surface area contributed by atoms with Crippen molar-refractivity contribution in [2.24, 2.45) is 17.8 Å². The number of Topliss-reactive ketones (excluding diaryl/α,β-unsaturated/α-hetero) is 2. The van der Waals surface area contributed by atoms with Crippen molar-refractivity contribution >= 4 is 23.5 Å². The van der Waals surface area contributed by atoms with Crippen LogP contribution in [0.4, 0.5) is 0 Å². The molecule has 1 spiro atoms. The molecule has 5 aliphatic heterocycles. The lowest BCUT2D eigenvalue weighted by atomic mass is 9.44. The van der Waals surface area contributed by atoms with Crippen molar-refractivity contribution in [1.82, 2.24) is 14.7 Å². The summed E-state index contributed by atoms with van der Waals surface area (Å²) in [6, 6.07) is -0.474. The molecule has 4 bridgehead atoms. The zero-order valence-electron chi connectivity index (χ0n) is 36.0. The first-order valence-electron chi connectivity index (χ1n) is 21.5. The summed E-state index contributed by atoms with van der Waals surface area (Å²) < 4.78 is 27.5. The van der Waals surface area contributed by atoms with Gasteiger partial charge in [0.1, 0.15) is 28.4 Å². The number of ketones is 2. The maximum Gasteiger partial charge on any atom is 0.249 e. The van der Waals surface area contributed by atoms with Gasteiger partial charge in [0.2, 0.25) is 5.91 Å². The highest BCUT2D eigenvalue weighted by Gasteiger charge is 2.86. The van der Waals surface area contributed by atoms with Crippen LogP contribution in [0.15, 0.2) is 41.0 Å². The Hall–Kier alpha value is -3.77. The van der Waals surface area contributed by atoms with Crippen LogP contribution in [0.1, 0.15) is 103 Å². The maximum atomic E-state index is 15.8. The third-order valence-corrected chi connectivity index (χ3v) is 14.3. The number of carbonyl (C=O) groups excluding carboxylic acids is 3. The van der Waals surface area contributed by atoms with Crippen LogP contribution in [-0.4, -0.2) is 125 Å². The van der Waals surface area contributed by atoms with Crippen LogP contribution in [0.5, 0.6) is 17.2 Å². The molecule has 7 atom stereocenters. The molecular formula is C47H63N3O8. The molecule has 3 aliphatic carbocycles. The van der Waals surface area contributed by atoms with E-state index in [2.05, 4.69) is 42.8 Å². The minimum atomic E-state index is -1.56. The Morgan fingerprint density at radius 3 is 2.28 bits per heavy atom. The van der Waals surface area contributed by atoms with Gasteiger partial charge in [0.05, 0.1) is 30.3 Å². The Bertz CT molecular complexity index is 2010. The number of carbonyl (C=O) groups is 3. The fourth-order valence-electron chi connectivity index (χ4n) is 11.4. The Labute approximate surface area is 344 Å². The Kier molecular flexibility index (Phi) is 10.4. The predicted molar refractivity (Wildman–Crippen MR) is 222 cm³/mol. The van der Waals surface area contributed by atoms with Gasteiger partial charge in [-0.25, -0.2) is 0 Å². The first-order valence-corrected chi connectivity index (χ1v) is 21.5. The molecule has 3 saturated carbocycles. The number of ether oxygens (including phenoxy) is 4. The van der Waals surface area contributed by atoms with Crippen LogP contribution < -0.4 is 9.47 Å². The van der Waals surface area contributed by atoms with E-state index in [1.165, 1.54) is 5.57 Å². The van der Waals surface area contributed by atoms with Crippen LogP contribution in [0.25, 0.3) is 6.08 Å². The van der Waals surface area contributed by atoms with Gasteiger partial charge >= 0.3 is 0 Å². The number of hydrogen-bond acceptors (Lipinski definition) is 10. The molecule has 1 N–H and O–H groups in total. The molecule has 9 rings (SSSR count). The number of likely N-dealkylation sites (N-methyl/N-ethyl adjacent to an activating group) is 1. The molecule has 5 heterocycles. The number of aromatic hydroxyl groups is 1. The molecule has 11 nitrogen and oxygen atoms in total. The van der Waals surface area contributed by atoms with Gasteiger partial charge in [0.15, 0.2) is 22.8 Å². The average molecular weight is 798 g/mol. The number of morpholine rings is 1. The maximum absolute atomic E-state index is 15.8. The largest absolute Gasteiger partial charge is 0.506 e. The summed E-state index contributed by atoms with van der Waals surface area (Å²) in [6.45, 7) is 21.1. The average Bonchev–Trinajstić information content (AvgIpc) is 3.32. The number of rotatable bonds is 9. The van der Waals surface area contributed by atoms with Crippen molar-refractivity contribution in [1.29, 1.82) is 0 Å². The first kappa shape index (κ1) is 41.0. The van der Waals surface area contributed by atoms with Gasteiger partial charge in [0, 0.05) is 74.7 Å². The van der Waals surface area contributed by atoms with Crippen LogP contribution in [0.3, 0.4) is 0 Å². The van der Waals surface area contributed by atoms with Crippen molar-refractivity contribution in [3.8, 4) is 17.2 Å². The second-order valence-corrected chi connectivity index (χ2v) is 19.2. The van der Waals surface area contributed by atoms with E-state index in [-0.39, 0.29) is 46.9 Å². The summed E-state index contributed by atoms with van der Waals surface area (Å²) >= 11 is 0. The minimum Gasteiger partial charge on any atom is -0.506 e. The molecule has 1 aromatic carbocycles. The molecule has 3 saturated heterocycles. The third-order valence-electron chi connectivity index (χ3n) is 14.3. The summed E-state index contributed by atoms with van der Waals surface area (Å²) in [5, 5.41) is 12.3. The second kappa shape index (κ2) is 14.7. The quantitative estimate of drug-likeness (QED) is 0.225. The van der Waals surface area contributed by atoms with Crippen molar-refractivity contribution in [3.05, 3.63) is 57.7 Å². The van der Waals surface area contributed by atoms with Gasteiger partial charge < -0.3 is 33.9 Å². The molecule has 1 aromatic rings. The number of phenolic OH excluding ortho intramolecular Hbond substituents is 1. The number of phenols is 1. The minimum absolute atomic E-state index is 0.0589. The zero-order valence-corrected chi connectivity index (χ0v) is 36.0. The summed E-state index contributed by atoms with van der Waals surface area (Å²) in [5.74, 6) is -1.43. The van der Waals surface area contributed by atoms with Crippen molar-refractivity contribution in [2.75, 3.05) is 59.5 Å². The predicted octanol–water partition coefficient (Wildman–Crippen LogP) is 6.32. The van der Waals surface area contributed by atoms with E-state index in [0.717, 1.165) is 25.1 Å². The summed E-state index contributed by atoms with van der Waals surface area (Å²) in [7, 11) is 2.06. The zero-order chi connectivity index (χ0) is 41.5. The van der Waals surface area contributed by atoms with Crippen molar-refractivity contribution in [3.63, 3.8) is 0 Å². The normalized spacial score (nSPS) is 33.8. The number of fused-ring (bicyclic) bond motifs is 2. The molecule has 1 amide bonds. The summed E-state index contributed by atoms with van der Waals surface area (Å²) in [4.78, 5) is 51.6. The van der Waals surface area contributed by atoms with E-state index < -0.39 is 40.3 Å².